The first-order valence-corrected chi connectivity index (χ1v) is 12.3. The summed E-state index contributed by atoms with van der Waals surface area (Å²) in [6.45, 7) is 2.16. The van der Waals surface area contributed by atoms with E-state index in [0.29, 0.717) is 14.7 Å². The largest absolute Gasteiger partial charge is 0.491 e. The molecule has 0 spiro atoms. The monoisotopic (exact) mass is 460 g/mol. The molecule has 0 N–H and O–H groups in total. The molecule has 0 saturated carbocycles. The highest BCUT2D eigenvalue weighted by Gasteiger charge is 2.47. The summed E-state index contributed by atoms with van der Waals surface area (Å²) < 4.78 is 45.4. The average molecular weight is 461 g/mol. The van der Waals surface area contributed by atoms with Crippen molar-refractivity contribution in [3.05, 3.63) is 90.5 Å². The molecule has 0 amide bonds. The van der Waals surface area contributed by atoms with E-state index >= 15 is 0 Å². The number of halogens is 3. The van der Waals surface area contributed by atoms with Gasteiger partial charge in [0, 0.05) is 14.7 Å². The Labute approximate surface area is 189 Å². The summed E-state index contributed by atoms with van der Waals surface area (Å²) in [6, 6.07) is 24.8. The molecule has 0 aliphatic carbocycles. The maximum Gasteiger partial charge on any atom is 0.491 e. The van der Waals surface area contributed by atoms with Crippen LogP contribution in [-0.2, 0) is 15.4 Å². The lowest BCUT2D eigenvalue weighted by molar-refractivity contribution is -0.188. The summed E-state index contributed by atoms with van der Waals surface area (Å²) in [5.41, 5.74) is 1.11. The fourth-order valence-electron chi connectivity index (χ4n) is 3.54. The number of rotatable bonds is 9. The van der Waals surface area contributed by atoms with Crippen LogP contribution in [0.25, 0.3) is 0 Å². The van der Waals surface area contributed by atoms with Crippen LogP contribution in [-0.4, -0.2) is 12.1 Å². The van der Waals surface area contributed by atoms with Crippen molar-refractivity contribution in [2.75, 3.05) is 0 Å². The van der Waals surface area contributed by atoms with Crippen LogP contribution in [0.2, 0.25) is 0 Å². The number of benzene rings is 3. The Morgan fingerprint density at radius 3 is 1.72 bits per heavy atom. The normalized spacial score (nSPS) is 12.4. The van der Waals surface area contributed by atoms with Gasteiger partial charge in [0.2, 0.25) is 0 Å². The molecule has 3 aromatic rings. The van der Waals surface area contributed by atoms with Crippen molar-refractivity contribution >= 4 is 16.3 Å². The molecule has 0 aromatic heterocycles. The number of hydrogen-bond acceptors (Lipinski definition) is 2. The molecule has 170 valence electrons. The van der Waals surface area contributed by atoms with Crippen molar-refractivity contribution in [3.8, 4) is 0 Å². The van der Waals surface area contributed by atoms with E-state index in [4.69, 9.17) is 4.18 Å². The van der Waals surface area contributed by atoms with Crippen LogP contribution in [0.3, 0.4) is 0 Å². The first kappa shape index (κ1) is 23.9. The van der Waals surface area contributed by atoms with E-state index in [-0.39, 0.29) is 0 Å². The Bertz CT molecular complexity index is 948. The number of carbonyl (C=O) groups excluding carboxylic acids is 1. The lowest BCUT2D eigenvalue weighted by atomic mass is 10.1. The molecule has 0 fully saturated rings. The molecule has 2 nitrogen and oxygen atoms in total. The maximum atomic E-state index is 13.3. The van der Waals surface area contributed by atoms with Gasteiger partial charge in [0.25, 0.3) is 0 Å². The van der Waals surface area contributed by atoms with Crippen LogP contribution in [0.1, 0.15) is 38.2 Å². The SMILES string of the molecule is CCCCCCc1ccc(S(OC(=O)C(F)(F)F)(c2ccccc2)c2ccccc2)cc1. The summed E-state index contributed by atoms with van der Waals surface area (Å²) in [7, 11) is -2.93. The van der Waals surface area contributed by atoms with E-state index < -0.39 is 22.5 Å². The van der Waals surface area contributed by atoms with Gasteiger partial charge < -0.3 is 4.18 Å². The molecule has 3 aromatic carbocycles. The Balaban J connectivity index is 2.10. The second-order valence-corrected chi connectivity index (χ2v) is 10.2. The third-order valence-electron chi connectivity index (χ3n) is 5.16. The Morgan fingerprint density at radius 2 is 1.25 bits per heavy atom. The molecule has 0 atom stereocenters. The minimum absolute atomic E-state index is 0.527. The molecule has 0 unspecified atom stereocenters. The van der Waals surface area contributed by atoms with Crippen LogP contribution in [0.15, 0.2) is 99.6 Å². The van der Waals surface area contributed by atoms with Crippen LogP contribution >= 0.6 is 10.3 Å². The molecular formula is C26H27F3O2S. The van der Waals surface area contributed by atoms with Crippen LogP contribution in [0.5, 0.6) is 0 Å². The zero-order chi connectivity index (χ0) is 23.0. The summed E-state index contributed by atoms with van der Waals surface area (Å²) in [5.74, 6) is -2.19. The Hall–Kier alpha value is -2.73. The van der Waals surface area contributed by atoms with Crippen LogP contribution < -0.4 is 0 Å². The quantitative estimate of drug-likeness (QED) is 0.302. The maximum absolute atomic E-state index is 13.3. The minimum Gasteiger partial charge on any atom is -0.395 e. The molecule has 0 radical (unpaired) electrons. The van der Waals surface area contributed by atoms with E-state index in [9.17, 15) is 18.0 Å². The van der Waals surface area contributed by atoms with Crippen molar-refractivity contribution in [2.24, 2.45) is 0 Å². The van der Waals surface area contributed by atoms with E-state index in [2.05, 4.69) is 6.92 Å². The summed E-state index contributed by atoms with van der Waals surface area (Å²) in [4.78, 5) is 13.7. The molecule has 6 heteroatoms. The molecule has 32 heavy (non-hydrogen) atoms. The first-order chi connectivity index (χ1) is 15.4. The van der Waals surface area contributed by atoms with Crippen molar-refractivity contribution in [1.82, 2.24) is 0 Å². The van der Waals surface area contributed by atoms with E-state index in [1.807, 2.05) is 12.1 Å². The third kappa shape index (κ3) is 5.54. The molecular weight excluding hydrogens is 433 g/mol. The predicted octanol–water partition coefficient (Wildman–Crippen LogP) is 8.11. The number of carbonyl (C=O) groups is 1. The van der Waals surface area contributed by atoms with E-state index in [0.717, 1.165) is 31.2 Å². The smallest absolute Gasteiger partial charge is 0.395 e. The van der Waals surface area contributed by atoms with Crippen molar-refractivity contribution in [1.29, 1.82) is 0 Å². The minimum atomic E-state index is -5.10. The highest BCUT2D eigenvalue weighted by Crippen LogP contribution is 2.69. The first-order valence-electron chi connectivity index (χ1n) is 10.7. The van der Waals surface area contributed by atoms with Crippen molar-refractivity contribution < 1.29 is 22.1 Å². The van der Waals surface area contributed by atoms with Gasteiger partial charge in [-0.1, -0.05) is 74.7 Å². The number of hydrogen-bond donors (Lipinski definition) is 0. The van der Waals surface area contributed by atoms with Crippen molar-refractivity contribution in [3.63, 3.8) is 0 Å². The average Bonchev–Trinajstić information content (AvgIpc) is 2.81. The van der Waals surface area contributed by atoms with Crippen molar-refractivity contribution in [2.45, 2.75) is 59.9 Å². The third-order valence-corrected chi connectivity index (χ3v) is 8.37. The fraction of sp³-hybridized carbons (Fsp3) is 0.269. The van der Waals surface area contributed by atoms with Gasteiger partial charge in [-0.05, 0) is 65.1 Å². The molecule has 0 heterocycles. The molecule has 0 bridgehead atoms. The van der Waals surface area contributed by atoms with Gasteiger partial charge in [-0.3, -0.25) is 0 Å². The second kappa shape index (κ2) is 10.7. The van der Waals surface area contributed by atoms with Crippen LogP contribution in [0.4, 0.5) is 13.2 Å². The number of alkyl halides is 3. The lowest BCUT2D eigenvalue weighted by Crippen LogP contribution is -2.27. The van der Waals surface area contributed by atoms with Gasteiger partial charge in [-0.25, -0.2) is 4.79 Å². The molecule has 3 rings (SSSR count). The summed E-state index contributed by atoms with van der Waals surface area (Å²) >= 11 is 0. The Morgan fingerprint density at radius 1 is 0.750 bits per heavy atom. The molecule has 0 aliphatic rings. The molecule has 0 saturated heterocycles. The highest BCUT2D eigenvalue weighted by atomic mass is 32.3. The second-order valence-electron chi connectivity index (χ2n) is 7.51. The zero-order valence-electron chi connectivity index (χ0n) is 18.0. The fourth-order valence-corrected chi connectivity index (χ4v) is 6.57. The van der Waals surface area contributed by atoms with Gasteiger partial charge in [0.05, 0.1) is 0 Å². The Kier molecular flexibility index (Phi) is 8.02. The topological polar surface area (TPSA) is 26.3 Å². The predicted molar refractivity (Wildman–Crippen MR) is 122 cm³/mol. The van der Waals surface area contributed by atoms with Gasteiger partial charge >= 0.3 is 12.1 Å². The van der Waals surface area contributed by atoms with E-state index in [1.165, 1.54) is 6.42 Å². The summed E-state index contributed by atoms with van der Waals surface area (Å²) in [6.07, 6.45) is 0.350. The van der Waals surface area contributed by atoms with Crippen LogP contribution in [0, 0.1) is 0 Å². The highest BCUT2D eigenvalue weighted by molar-refractivity contribution is 8.30. The van der Waals surface area contributed by atoms with Gasteiger partial charge in [0.15, 0.2) is 0 Å². The standard InChI is InChI=1S/C26H27F3O2S/c1-2-3-4-7-12-21-17-19-24(20-18-21)32(22-13-8-5-9-14-22,23-15-10-6-11-16-23)31-25(30)26(27,28)29/h5-6,8-11,13-20H,2-4,7,12H2,1H3. The zero-order valence-corrected chi connectivity index (χ0v) is 18.8. The number of aryl methyl sites for hydroxylation is 1. The van der Waals surface area contributed by atoms with Gasteiger partial charge in [-0.2, -0.15) is 13.2 Å². The lowest BCUT2D eigenvalue weighted by Gasteiger charge is -2.39. The van der Waals surface area contributed by atoms with Gasteiger partial charge in [0.1, 0.15) is 0 Å². The van der Waals surface area contributed by atoms with Gasteiger partial charge in [-0.15, -0.1) is 0 Å². The summed E-state index contributed by atoms with van der Waals surface area (Å²) in [5, 5.41) is 0. The number of unbranched alkanes of at least 4 members (excludes halogenated alkanes) is 3. The molecule has 0 aliphatic heterocycles. The van der Waals surface area contributed by atoms with E-state index in [1.54, 1.807) is 72.8 Å².